The van der Waals surface area contributed by atoms with Crippen LogP contribution in [0, 0.1) is 20.8 Å². The summed E-state index contributed by atoms with van der Waals surface area (Å²) in [6.07, 6.45) is 1.71. The van der Waals surface area contributed by atoms with Crippen molar-refractivity contribution in [2.75, 3.05) is 0 Å². The fourth-order valence-corrected chi connectivity index (χ4v) is 2.90. The van der Waals surface area contributed by atoms with Crippen molar-refractivity contribution in [2.24, 2.45) is 0 Å². The molecule has 2 aromatic rings. The van der Waals surface area contributed by atoms with Crippen LogP contribution < -0.4 is 0 Å². The maximum Gasteiger partial charge on any atom is 0.338 e. The highest BCUT2D eigenvalue weighted by Crippen LogP contribution is 2.29. The summed E-state index contributed by atoms with van der Waals surface area (Å²) in [4.78, 5) is 19.9. The number of nitrogens with zero attached hydrogens (tertiary/aromatic N) is 2. The van der Waals surface area contributed by atoms with E-state index in [1.807, 2.05) is 26.0 Å². The van der Waals surface area contributed by atoms with Crippen LogP contribution in [0.15, 0.2) is 34.4 Å². The van der Waals surface area contributed by atoms with Gasteiger partial charge in [-0.3, -0.25) is 0 Å². The number of hydrogen-bond acceptors (Lipinski definition) is 4. The molecule has 2 heterocycles. The molecule has 4 nitrogen and oxygen atoms in total. The van der Waals surface area contributed by atoms with E-state index in [0.717, 1.165) is 21.8 Å². The molecule has 0 saturated carbocycles. The molecular formula is C14H14N2O2S. The standard InChI is InChI=1S/C14H14N2O2S/c1-8-4-5-15-11(6-8)19-13-12(14(17)18)9(2)7-10(3)16-13/h4-7H,1-3H3,(H,17,18). The van der Waals surface area contributed by atoms with Crippen LogP contribution >= 0.6 is 11.8 Å². The molecule has 0 saturated heterocycles. The van der Waals surface area contributed by atoms with E-state index in [-0.39, 0.29) is 5.56 Å². The Kier molecular flexibility index (Phi) is 3.85. The summed E-state index contributed by atoms with van der Waals surface area (Å²) in [6, 6.07) is 5.59. The Bertz CT molecular complexity index is 641. The van der Waals surface area contributed by atoms with Gasteiger partial charge in [0.2, 0.25) is 0 Å². The molecule has 0 bridgehead atoms. The number of pyridine rings is 2. The Labute approximate surface area is 115 Å². The number of carboxylic acid groups (broad SMARTS) is 1. The summed E-state index contributed by atoms with van der Waals surface area (Å²) in [7, 11) is 0. The highest BCUT2D eigenvalue weighted by atomic mass is 32.2. The van der Waals surface area contributed by atoms with E-state index in [9.17, 15) is 9.90 Å². The predicted octanol–water partition coefficient (Wildman–Crippen LogP) is 3.25. The molecule has 2 aromatic heterocycles. The highest BCUT2D eigenvalue weighted by molar-refractivity contribution is 7.99. The van der Waals surface area contributed by atoms with E-state index < -0.39 is 5.97 Å². The van der Waals surface area contributed by atoms with Gasteiger partial charge in [-0.05, 0) is 61.9 Å². The number of carbonyl (C=O) groups is 1. The Balaban J connectivity index is 2.47. The van der Waals surface area contributed by atoms with Gasteiger partial charge in [-0.1, -0.05) is 0 Å². The Morgan fingerprint density at radius 3 is 2.63 bits per heavy atom. The van der Waals surface area contributed by atoms with Crippen molar-refractivity contribution in [3.05, 3.63) is 46.8 Å². The predicted molar refractivity (Wildman–Crippen MR) is 73.8 cm³/mol. The molecule has 2 rings (SSSR count). The molecule has 19 heavy (non-hydrogen) atoms. The minimum Gasteiger partial charge on any atom is -0.478 e. The third kappa shape index (κ3) is 3.12. The zero-order valence-electron chi connectivity index (χ0n) is 11.0. The minimum absolute atomic E-state index is 0.249. The van der Waals surface area contributed by atoms with E-state index >= 15 is 0 Å². The maximum atomic E-state index is 11.3. The van der Waals surface area contributed by atoms with E-state index in [1.54, 1.807) is 19.2 Å². The van der Waals surface area contributed by atoms with Crippen LogP contribution in [0.25, 0.3) is 0 Å². The first-order chi connectivity index (χ1) is 8.97. The normalized spacial score (nSPS) is 10.5. The summed E-state index contributed by atoms with van der Waals surface area (Å²) >= 11 is 1.28. The average Bonchev–Trinajstić information content (AvgIpc) is 2.26. The molecule has 0 fully saturated rings. The first-order valence-corrected chi connectivity index (χ1v) is 6.61. The third-order valence-electron chi connectivity index (χ3n) is 2.62. The lowest BCUT2D eigenvalue weighted by atomic mass is 10.1. The van der Waals surface area contributed by atoms with Gasteiger partial charge in [0.25, 0.3) is 0 Å². The zero-order valence-corrected chi connectivity index (χ0v) is 11.8. The van der Waals surface area contributed by atoms with E-state index in [1.165, 1.54) is 11.8 Å². The van der Waals surface area contributed by atoms with Crippen LogP contribution in [0.3, 0.4) is 0 Å². The molecule has 0 aliphatic heterocycles. The number of aromatic nitrogens is 2. The molecule has 0 aliphatic carbocycles. The number of aromatic carboxylic acids is 1. The molecule has 1 N–H and O–H groups in total. The van der Waals surface area contributed by atoms with Gasteiger partial charge < -0.3 is 5.11 Å². The van der Waals surface area contributed by atoms with Crippen LogP contribution in [0.1, 0.15) is 27.2 Å². The van der Waals surface area contributed by atoms with Gasteiger partial charge in [-0.2, -0.15) is 0 Å². The van der Waals surface area contributed by atoms with Gasteiger partial charge in [0.15, 0.2) is 0 Å². The first kappa shape index (κ1) is 13.5. The van der Waals surface area contributed by atoms with Gasteiger partial charge >= 0.3 is 5.97 Å². The summed E-state index contributed by atoms with van der Waals surface area (Å²) in [5.74, 6) is -0.958. The fraction of sp³-hybridized carbons (Fsp3) is 0.214. The number of rotatable bonds is 3. The summed E-state index contributed by atoms with van der Waals surface area (Å²) in [6.45, 7) is 5.61. The molecule has 0 aliphatic rings. The molecular weight excluding hydrogens is 260 g/mol. The van der Waals surface area contributed by atoms with Crippen LogP contribution in [-0.2, 0) is 0 Å². The number of hydrogen-bond donors (Lipinski definition) is 1. The van der Waals surface area contributed by atoms with Crippen molar-refractivity contribution in [3.8, 4) is 0 Å². The van der Waals surface area contributed by atoms with Crippen molar-refractivity contribution in [2.45, 2.75) is 30.8 Å². The smallest absolute Gasteiger partial charge is 0.338 e. The van der Waals surface area contributed by atoms with Crippen molar-refractivity contribution >= 4 is 17.7 Å². The Morgan fingerprint density at radius 1 is 1.26 bits per heavy atom. The number of aryl methyl sites for hydroxylation is 3. The van der Waals surface area contributed by atoms with Gasteiger partial charge in [-0.25, -0.2) is 14.8 Å². The highest BCUT2D eigenvalue weighted by Gasteiger charge is 2.17. The summed E-state index contributed by atoms with van der Waals surface area (Å²) in [5, 5.41) is 10.5. The van der Waals surface area contributed by atoms with Crippen molar-refractivity contribution in [1.82, 2.24) is 9.97 Å². The average molecular weight is 274 g/mol. The second-order valence-electron chi connectivity index (χ2n) is 4.34. The molecule has 98 valence electrons. The van der Waals surface area contributed by atoms with Gasteiger partial charge in [0.1, 0.15) is 10.1 Å². The lowest BCUT2D eigenvalue weighted by Gasteiger charge is -2.09. The van der Waals surface area contributed by atoms with Crippen LogP contribution in [0.4, 0.5) is 0 Å². The second-order valence-corrected chi connectivity index (χ2v) is 5.35. The van der Waals surface area contributed by atoms with Gasteiger partial charge in [0.05, 0.1) is 5.56 Å². The summed E-state index contributed by atoms with van der Waals surface area (Å²) < 4.78 is 0. The first-order valence-electron chi connectivity index (χ1n) is 5.79. The van der Waals surface area contributed by atoms with Gasteiger partial charge in [-0.15, -0.1) is 0 Å². The topological polar surface area (TPSA) is 63.1 Å². The Hall–Kier alpha value is -1.88. The zero-order chi connectivity index (χ0) is 14.0. The summed E-state index contributed by atoms with van der Waals surface area (Å²) in [5.41, 5.74) is 2.85. The fourth-order valence-electron chi connectivity index (χ4n) is 1.80. The van der Waals surface area contributed by atoms with Crippen molar-refractivity contribution in [3.63, 3.8) is 0 Å². The van der Waals surface area contributed by atoms with Crippen molar-refractivity contribution in [1.29, 1.82) is 0 Å². The molecule has 0 amide bonds. The van der Waals surface area contributed by atoms with Gasteiger partial charge in [0, 0.05) is 11.9 Å². The monoisotopic (exact) mass is 274 g/mol. The van der Waals surface area contributed by atoms with E-state index in [4.69, 9.17) is 0 Å². The molecule has 0 unspecified atom stereocenters. The SMILES string of the molecule is Cc1ccnc(Sc2nc(C)cc(C)c2C(=O)O)c1. The lowest BCUT2D eigenvalue weighted by molar-refractivity contribution is 0.0691. The molecule has 0 radical (unpaired) electrons. The maximum absolute atomic E-state index is 11.3. The lowest BCUT2D eigenvalue weighted by Crippen LogP contribution is -2.05. The van der Waals surface area contributed by atoms with E-state index in [0.29, 0.717) is 5.03 Å². The molecule has 0 atom stereocenters. The minimum atomic E-state index is -0.958. The largest absolute Gasteiger partial charge is 0.478 e. The Morgan fingerprint density at radius 2 is 2.00 bits per heavy atom. The van der Waals surface area contributed by atoms with Crippen LogP contribution in [0.5, 0.6) is 0 Å². The molecule has 0 spiro atoms. The van der Waals surface area contributed by atoms with Crippen LogP contribution in [0.2, 0.25) is 0 Å². The second kappa shape index (κ2) is 5.40. The quantitative estimate of drug-likeness (QED) is 0.930. The molecule has 0 aromatic carbocycles. The van der Waals surface area contributed by atoms with Crippen LogP contribution in [-0.4, -0.2) is 21.0 Å². The molecule has 5 heteroatoms. The van der Waals surface area contributed by atoms with E-state index in [2.05, 4.69) is 9.97 Å². The van der Waals surface area contributed by atoms with Crippen molar-refractivity contribution < 1.29 is 9.90 Å². The third-order valence-corrected chi connectivity index (χ3v) is 3.54. The number of carboxylic acids is 1.